The molecule has 100 valence electrons. The number of benzene rings is 1. The summed E-state index contributed by atoms with van der Waals surface area (Å²) in [7, 11) is 0. The van der Waals surface area contributed by atoms with Crippen molar-refractivity contribution in [3.05, 3.63) is 47.7 Å². The molecule has 0 aliphatic carbocycles. The minimum absolute atomic E-state index is 0.525. The molecule has 0 saturated carbocycles. The van der Waals surface area contributed by atoms with Crippen molar-refractivity contribution in [2.75, 3.05) is 11.9 Å². The van der Waals surface area contributed by atoms with Crippen molar-refractivity contribution < 1.29 is 4.74 Å². The number of ether oxygens (including phenoxy) is 1. The van der Waals surface area contributed by atoms with Gasteiger partial charge in [0.15, 0.2) is 0 Å². The molecule has 0 unspecified atom stereocenters. The van der Waals surface area contributed by atoms with Gasteiger partial charge in [-0.05, 0) is 18.1 Å². The Kier molecular flexibility index (Phi) is 4.69. The normalized spacial score (nSPS) is 10.2. The lowest BCUT2D eigenvalue weighted by atomic mass is 10.1. The number of aromatic nitrogens is 2. The van der Waals surface area contributed by atoms with E-state index in [0.717, 1.165) is 11.1 Å². The fraction of sp³-hybridized carbons (Fsp3) is 0.286. The summed E-state index contributed by atoms with van der Waals surface area (Å²) in [6.07, 6.45) is 1.68. The number of anilines is 1. The average Bonchev–Trinajstić information content (AvgIpc) is 2.46. The first-order chi connectivity index (χ1) is 9.33. The van der Waals surface area contributed by atoms with Crippen LogP contribution in [0, 0.1) is 0 Å². The Labute approximate surface area is 112 Å². The third-order valence-corrected chi connectivity index (χ3v) is 2.70. The van der Waals surface area contributed by atoms with Gasteiger partial charge in [0, 0.05) is 25.4 Å². The molecule has 5 nitrogen and oxygen atoms in total. The van der Waals surface area contributed by atoms with Gasteiger partial charge in [0.25, 0.3) is 0 Å². The van der Waals surface area contributed by atoms with Gasteiger partial charge in [0.2, 0.25) is 11.8 Å². The molecule has 0 saturated heterocycles. The van der Waals surface area contributed by atoms with Gasteiger partial charge in [-0.3, -0.25) is 0 Å². The maximum Gasteiger partial charge on any atom is 0.226 e. The number of hydrogen-bond donors (Lipinski definition) is 2. The van der Waals surface area contributed by atoms with E-state index >= 15 is 0 Å². The van der Waals surface area contributed by atoms with E-state index in [9.17, 15) is 0 Å². The lowest BCUT2D eigenvalue weighted by molar-refractivity contribution is 0.326. The Morgan fingerprint density at radius 2 is 2.00 bits per heavy atom. The summed E-state index contributed by atoms with van der Waals surface area (Å²) < 4.78 is 5.33. The van der Waals surface area contributed by atoms with Crippen LogP contribution in [0.15, 0.2) is 36.5 Å². The molecule has 2 aromatic rings. The van der Waals surface area contributed by atoms with Crippen molar-refractivity contribution in [2.24, 2.45) is 5.73 Å². The van der Waals surface area contributed by atoms with Crippen LogP contribution in [-0.4, -0.2) is 16.6 Å². The first-order valence-electron chi connectivity index (χ1n) is 6.30. The van der Waals surface area contributed by atoms with Gasteiger partial charge in [-0.25, -0.2) is 4.98 Å². The highest BCUT2D eigenvalue weighted by molar-refractivity contribution is 5.33. The third kappa shape index (κ3) is 3.66. The molecule has 2 rings (SSSR count). The van der Waals surface area contributed by atoms with Crippen molar-refractivity contribution in [1.82, 2.24) is 9.97 Å². The van der Waals surface area contributed by atoms with Crippen LogP contribution in [0.2, 0.25) is 0 Å². The van der Waals surface area contributed by atoms with E-state index in [1.165, 1.54) is 0 Å². The molecule has 0 spiro atoms. The summed E-state index contributed by atoms with van der Waals surface area (Å²) in [4.78, 5) is 8.42. The average molecular weight is 258 g/mol. The molecule has 0 aliphatic rings. The number of hydrogen-bond acceptors (Lipinski definition) is 5. The first kappa shape index (κ1) is 13.3. The summed E-state index contributed by atoms with van der Waals surface area (Å²) in [5.74, 6) is 1.13. The smallest absolute Gasteiger partial charge is 0.226 e. The summed E-state index contributed by atoms with van der Waals surface area (Å²) >= 11 is 0. The zero-order chi connectivity index (χ0) is 13.5. The zero-order valence-electron chi connectivity index (χ0n) is 11.0. The first-order valence-corrected chi connectivity index (χ1v) is 6.30. The van der Waals surface area contributed by atoms with E-state index in [4.69, 9.17) is 10.5 Å². The predicted molar refractivity (Wildman–Crippen MR) is 74.9 cm³/mol. The molecular weight excluding hydrogens is 240 g/mol. The number of nitrogens with zero attached hydrogens (tertiary/aromatic N) is 2. The minimum atomic E-state index is 0.525. The largest absolute Gasteiger partial charge is 0.478 e. The quantitative estimate of drug-likeness (QED) is 0.828. The lowest BCUT2D eigenvalue weighted by Crippen LogP contribution is -2.08. The third-order valence-electron chi connectivity index (χ3n) is 2.70. The molecule has 5 heteroatoms. The fourth-order valence-corrected chi connectivity index (χ4v) is 1.76. The van der Waals surface area contributed by atoms with E-state index in [-0.39, 0.29) is 0 Å². The maximum absolute atomic E-state index is 5.70. The van der Waals surface area contributed by atoms with Crippen LogP contribution in [0.3, 0.4) is 0 Å². The van der Waals surface area contributed by atoms with Crippen LogP contribution >= 0.6 is 0 Å². The molecule has 0 atom stereocenters. The topological polar surface area (TPSA) is 73.1 Å². The van der Waals surface area contributed by atoms with Gasteiger partial charge < -0.3 is 15.8 Å². The minimum Gasteiger partial charge on any atom is -0.478 e. The highest BCUT2D eigenvalue weighted by Crippen LogP contribution is 2.12. The second-order valence-corrected chi connectivity index (χ2v) is 3.98. The van der Waals surface area contributed by atoms with Gasteiger partial charge in [0.1, 0.15) is 0 Å². The van der Waals surface area contributed by atoms with Crippen molar-refractivity contribution in [2.45, 2.75) is 20.0 Å². The van der Waals surface area contributed by atoms with Crippen LogP contribution in [0.1, 0.15) is 18.1 Å². The van der Waals surface area contributed by atoms with Crippen LogP contribution in [0.25, 0.3) is 0 Å². The van der Waals surface area contributed by atoms with Gasteiger partial charge in [0.05, 0.1) is 6.61 Å². The molecule has 1 heterocycles. The van der Waals surface area contributed by atoms with Crippen molar-refractivity contribution in [3.8, 4) is 5.88 Å². The van der Waals surface area contributed by atoms with Crippen molar-refractivity contribution >= 4 is 5.95 Å². The predicted octanol–water partition coefficient (Wildman–Crippen LogP) is 1.95. The standard InChI is InChI=1S/C14H18N4O/c1-2-19-13-7-8-16-14(18-13)17-10-12-6-4-3-5-11(12)9-15/h3-8H,2,9-10,15H2,1H3,(H,16,17,18). The molecule has 0 aliphatic heterocycles. The molecule has 0 bridgehead atoms. The highest BCUT2D eigenvalue weighted by atomic mass is 16.5. The van der Waals surface area contributed by atoms with Crippen LogP contribution in [0.4, 0.5) is 5.95 Å². The Morgan fingerprint density at radius 3 is 2.74 bits per heavy atom. The lowest BCUT2D eigenvalue weighted by Gasteiger charge is -2.09. The zero-order valence-corrected chi connectivity index (χ0v) is 11.0. The molecule has 1 aromatic carbocycles. The summed E-state index contributed by atoms with van der Waals surface area (Å²) in [5, 5.41) is 3.18. The Hall–Kier alpha value is -2.14. The number of rotatable bonds is 6. The van der Waals surface area contributed by atoms with Crippen LogP contribution in [0.5, 0.6) is 5.88 Å². The molecule has 0 fully saturated rings. The molecule has 0 radical (unpaired) electrons. The Bertz CT molecular complexity index is 530. The molecule has 1 aromatic heterocycles. The maximum atomic E-state index is 5.70. The molecular formula is C14H18N4O. The van der Waals surface area contributed by atoms with Crippen LogP contribution < -0.4 is 15.8 Å². The van der Waals surface area contributed by atoms with Crippen LogP contribution in [-0.2, 0) is 13.1 Å². The van der Waals surface area contributed by atoms with E-state index in [1.807, 2.05) is 31.2 Å². The second-order valence-electron chi connectivity index (χ2n) is 3.98. The SMILES string of the molecule is CCOc1ccnc(NCc2ccccc2CN)n1. The van der Waals surface area contributed by atoms with Gasteiger partial charge in [-0.2, -0.15) is 4.98 Å². The molecule has 3 N–H and O–H groups in total. The number of nitrogens with two attached hydrogens (primary N) is 1. The Morgan fingerprint density at radius 1 is 1.21 bits per heavy atom. The van der Waals surface area contributed by atoms with Crippen molar-refractivity contribution in [3.63, 3.8) is 0 Å². The summed E-state index contributed by atoms with van der Waals surface area (Å²) in [6, 6.07) is 9.78. The molecule has 19 heavy (non-hydrogen) atoms. The van der Waals surface area contributed by atoms with E-state index in [1.54, 1.807) is 12.3 Å². The van der Waals surface area contributed by atoms with E-state index in [0.29, 0.717) is 31.5 Å². The summed E-state index contributed by atoms with van der Waals surface area (Å²) in [6.45, 7) is 3.68. The Balaban J connectivity index is 2.03. The van der Waals surface area contributed by atoms with E-state index < -0.39 is 0 Å². The second kappa shape index (κ2) is 6.70. The highest BCUT2D eigenvalue weighted by Gasteiger charge is 2.02. The fourth-order valence-electron chi connectivity index (χ4n) is 1.76. The van der Waals surface area contributed by atoms with Gasteiger partial charge >= 0.3 is 0 Å². The van der Waals surface area contributed by atoms with E-state index in [2.05, 4.69) is 15.3 Å². The monoisotopic (exact) mass is 258 g/mol. The van der Waals surface area contributed by atoms with Crippen molar-refractivity contribution in [1.29, 1.82) is 0 Å². The van der Waals surface area contributed by atoms with Gasteiger partial charge in [-0.1, -0.05) is 24.3 Å². The molecule has 0 amide bonds. The summed E-state index contributed by atoms with van der Waals surface area (Å²) in [5.41, 5.74) is 7.97. The number of nitrogens with one attached hydrogen (secondary N) is 1. The van der Waals surface area contributed by atoms with Gasteiger partial charge in [-0.15, -0.1) is 0 Å².